The molecule has 2 aromatic heterocycles. The Bertz CT molecular complexity index is 860. The molecule has 0 fully saturated rings. The van der Waals surface area contributed by atoms with Crippen molar-refractivity contribution in [3.8, 4) is 17.3 Å². The minimum Gasteiger partial charge on any atom is -0.255 e. The molecule has 0 amide bonds. The molecule has 0 aliphatic carbocycles. The maximum absolute atomic E-state index is 8.83. The molecular formula is C17H13N5S. The standard InChI is InChI=1S/C17H13N5S/c1-12(15-4-2-3-9-19-15)21-22-17-20-16(11-23-17)14-7-5-13(10-18)6-8-14/h2-9,11H,1H3,(H,20,22)/b21-12-. The second kappa shape index (κ2) is 6.81. The lowest BCUT2D eigenvalue weighted by Gasteiger charge is -2.00. The molecular weight excluding hydrogens is 306 g/mol. The van der Waals surface area contributed by atoms with E-state index in [-0.39, 0.29) is 0 Å². The zero-order valence-electron chi connectivity index (χ0n) is 12.4. The molecule has 3 aromatic rings. The van der Waals surface area contributed by atoms with Crippen LogP contribution < -0.4 is 5.43 Å². The van der Waals surface area contributed by atoms with E-state index in [4.69, 9.17) is 5.26 Å². The van der Waals surface area contributed by atoms with Crippen molar-refractivity contribution in [2.45, 2.75) is 6.92 Å². The Kier molecular flexibility index (Phi) is 4.41. The van der Waals surface area contributed by atoms with Gasteiger partial charge in [-0.05, 0) is 31.2 Å². The Morgan fingerprint density at radius 2 is 2.04 bits per heavy atom. The van der Waals surface area contributed by atoms with Crippen molar-refractivity contribution >= 4 is 22.2 Å². The summed E-state index contributed by atoms with van der Waals surface area (Å²) in [6.45, 7) is 1.89. The summed E-state index contributed by atoms with van der Waals surface area (Å²) in [5.74, 6) is 0. The van der Waals surface area contributed by atoms with Crippen molar-refractivity contribution in [3.05, 3.63) is 65.3 Å². The van der Waals surface area contributed by atoms with Crippen LogP contribution in [0.4, 0.5) is 5.13 Å². The highest BCUT2D eigenvalue weighted by Gasteiger charge is 2.05. The predicted octanol–water partition coefficient (Wildman–Crippen LogP) is 3.91. The normalized spacial score (nSPS) is 11.0. The summed E-state index contributed by atoms with van der Waals surface area (Å²) in [6.07, 6.45) is 1.74. The zero-order valence-corrected chi connectivity index (χ0v) is 13.2. The van der Waals surface area contributed by atoms with Crippen LogP contribution in [0.1, 0.15) is 18.2 Å². The van der Waals surface area contributed by atoms with Gasteiger partial charge in [0.15, 0.2) is 0 Å². The van der Waals surface area contributed by atoms with E-state index in [1.54, 1.807) is 18.3 Å². The second-order valence-corrected chi connectivity index (χ2v) is 5.61. The summed E-state index contributed by atoms with van der Waals surface area (Å²) < 4.78 is 0. The van der Waals surface area contributed by atoms with E-state index in [9.17, 15) is 0 Å². The van der Waals surface area contributed by atoms with E-state index in [1.807, 2.05) is 42.6 Å². The van der Waals surface area contributed by atoms with Gasteiger partial charge in [0.05, 0.1) is 28.7 Å². The van der Waals surface area contributed by atoms with Crippen LogP contribution in [0.2, 0.25) is 0 Å². The summed E-state index contributed by atoms with van der Waals surface area (Å²) in [5, 5.41) is 15.8. The van der Waals surface area contributed by atoms with Crippen LogP contribution in [0.25, 0.3) is 11.3 Å². The molecule has 1 N–H and O–H groups in total. The maximum Gasteiger partial charge on any atom is 0.203 e. The molecule has 0 saturated heterocycles. The highest BCUT2D eigenvalue weighted by Crippen LogP contribution is 2.25. The van der Waals surface area contributed by atoms with Crippen LogP contribution in [0, 0.1) is 11.3 Å². The highest BCUT2D eigenvalue weighted by molar-refractivity contribution is 7.14. The smallest absolute Gasteiger partial charge is 0.203 e. The molecule has 3 rings (SSSR count). The number of anilines is 1. The first-order valence-electron chi connectivity index (χ1n) is 6.94. The zero-order chi connectivity index (χ0) is 16.1. The van der Waals surface area contributed by atoms with Crippen LogP contribution >= 0.6 is 11.3 Å². The molecule has 0 aliphatic rings. The highest BCUT2D eigenvalue weighted by atomic mass is 32.1. The molecule has 0 saturated carbocycles. The molecule has 0 unspecified atom stereocenters. The number of hydrazone groups is 1. The number of nitrogens with zero attached hydrogens (tertiary/aromatic N) is 4. The summed E-state index contributed by atoms with van der Waals surface area (Å²) in [7, 11) is 0. The Morgan fingerprint density at radius 1 is 1.22 bits per heavy atom. The average molecular weight is 319 g/mol. The van der Waals surface area contributed by atoms with E-state index < -0.39 is 0 Å². The van der Waals surface area contributed by atoms with Crippen molar-refractivity contribution in [2.75, 3.05) is 5.43 Å². The van der Waals surface area contributed by atoms with Crippen molar-refractivity contribution in [1.29, 1.82) is 5.26 Å². The molecule has 1 aromatic carbocycles. The fourth-order valence-corrected chi connectivity index (χ4v) is 2.60. The van der Waals surface area contributed by atoms with Crippen molar-refractivity contribution in [1.82, 2.24) is 9.97 Å². The minimum atomic E-state index is 0.637. The van der Waals surface area contributed by atoms with Crippen molar-refractivity contribution in [3.63, 3.8) is 0 Å². The third-order valence-electron chi connectivity index (χ3n) is 3.17. The summed E-state index contributed by atoms with van der Waals surface area (Å²) >= 11 is 1.48. The maximum atomic E-state index is 8.83. The first-order valence-corrected chi connectivity index (χ1v) is 7.82. The number of nitriles is 1. The Hall–Kier alpha value is -3.04. The van der Waals surface area contributed by atoms with E-state index in [0.29, 0.717) is 10.7 Å². The topological polar surface area (TPSA) is 74.0 Å². The third kappa shape index (κ3) is 3.59. The van der Waals surface area contributed by atoms with Crippen LogP contribution in [0.3, 0.4) is 0 Å². The molecule has 6 heteroatoms. The van der Waals surface area contributed by atoms with Gasteiger partial charge in [-0.25, -0.2) is 4.98 Å². The second-order valence-electron chi connectivity index (χ2n) is 4.75. The minimum absolute atomic E-state index is 0.637. The van der Waals surface area contributed by atoms with Gasteiger partial charge in [-0.1, -0.05) is 18.2 Å². The molecule has 0 radical (unpaired) electrons. The average Bonchev–Trinajstić information content (AvgIpc) is 3.09. The van der Waals surface area contributed by atoms with Crippen LogP contribution in [0.15, 0.2) is 59.1 Å². The number of hydrogen-bond acceptors (Lipinski definition) is 6. The number of benzene rings is 1. The predicted molar refractivity (Wildman–Crippen MR) is 92.3 cm³/mol. The van der Waals surface area contributed by atoms with Crippen LogP contribution in [0.5, 0.6) is 0 Å². The molecule has 5 nitrogen and oxygen atoms in total. The lowest BCUT2D eigenvalue weighted by molar-refractivity contribution is 1.23. The fourth-order valence-electron chi connectivity index (χ4n) is 1.94. The SMILES string of the molecule is C/C(=N/Nc1nc(-c2ccc(C#N)cc2)cs1)c1ccccn1. The van der Waals surface area contributed by atoms with Gasteiger partial charge in [0.25, 0.3) is 0 Å². The van der Waals surface area contributed by atoms with Gasteiger partial charge < -0.3 is 0 Å². The molecule has 0 atom stereocenters. The van der Waals surface area contributed by atoms with E-state index in [1.165, 1.54) is 11.3 Å². The number of aromatic nitrogens is 2. The van der Waals surface area contributed by atoms with Crippen LogP contribution in [-0.2, 0) is 0 Å². The number of nitrogens with one attached hydrogen (secondary N) is 1. The van der Waals surface area contributed by atoms with Gasteiger partial charge in [0, 0.05) is 17.1 Å². The van der Waals surface area contributed by atoms with Crippen LogP contribution in [-0.4, -0.2) is 15.7 Å². The molecule has 0 spiro atoms. The van der Waals surface area contributed by atoms with Gasteiger partial charge in [-0.3, -0.25) is 10.4 Å². The largest absolute Gasteiger partial charge is 0.255 e. The summed E-state index contributed by atoms with van der Waals surface area (Å²) in [4.78, 5) is 8.74. The Labute approximate surface area is 138 Å². The molecule has 2 heterocycles. The molecule has 0 aliphatic heterocycles. The lowest BCUT2D eigenvalue weighted by atomic mass is 10.1. The van der Waals surface area contributed by atoms with E-state index in [2.05, 4.69) is 26.6 Å². The molecule has 23 heavy (non-hydrogen) atoms. The van der Waals surface area contributed by atoms with E-state index in [0.717, 1.165) is 22.7 Å². The number of rotatable bonds is 4. The van der Waals surface area contributed by atoms with Crippen molar-refractivity contribution in [2.24, 2.45) is 5.10 Å². The number of thiazole rings is 1. The quantitative estimate of drug-likeness (QED) is 0.584. The first-order chi connectivity index (χ1) is 11.3. The summed E-state index contributed by atoms with van der Waals surface area (Å²) in [5.41, 5.74) is 7.04. The number of pyridine rings is 1. The van der Waals surface area contributed by atoms with Gasteiger partial charge in [0.1, 0.15) is 0 Å². The fraction of sp³-hybridized carbons (Fsp3) is 0.0588. The molecule has 0 bridgehead atoms. The number of hydrogen-bond donors (Lipinski definition) is 1. The van der Waals surface area contributed by atoms with Gasteiger partial charge in [-0.2, -0.15) is 10.4 Å². The Morgan fingerprint density at radius 3 is 2.74 bits per heavy atom. The van der Waals surface area contributed by atoms with E-state index >= 15 is 0 Å². The van der Waals surface area contributed by atoms with Gasteiger partial charge in [0.2, 0.25) is 5.13 Å². The van der Waals surface area contributed by atoms with Gasteiger partial charge in [-0.15, -0.1) is 11.3 Å². The first kappa shape index (κ1) is 14.9. The lowest BCUT2D eigenvalue weighted by Crippen LogP contribution is -2.01. The third-order valence-corrected chi connectivity index (χ3v) is 3.92. The monoisotopic (exact) mass is 319 g/mol. The Balaban J connectivity index is 1.73. The summed E-state index contributed by atoms with van der Waals surface area (Å²) in [6, 6.07) is 15.2. The molecule has 112 valence electrons. The van der Waals surface area contributed by atoms with Gasteiger partial charge >= 0.3 is 0 Å². The van der Waals surface area contributed by atoms with Crippen molar-refractivity contribution < 1.29 is 0 Å².